The summed E-state index contributed by atoms with van der Waals surface area (Å²) in [5.41, 5.74) is 2.31. The largest absolute Gasteiger partial charge is 0.314 e. The van der Waals surface area contributed by atoms with Gasteiger partial charge in [0, 0.05) is 18.7 Å². The maximum absolute atomic E-state index is 6.27. The van der Waals surface area contributed by atoms with Crippen LogP contribution in [0.4, 0.5) is 0 Å². The summed E-state index contributed by atoms with van der Waals surface area (Å²) in [5, 5.41) is 8.88. The summed E-state index contributed by atoms with van der Waals surface area (Å²) in [6.07, 6.45) is 7.55. The Kier molecular flexibility index (Phi) is 5.28. The third-order valence-electron chi connectivity index (χ3n) is 4.06. The molecule has 108 valence electrons. The highest BCUT2D eigenvalue weighted by Crippen LogP contribution is 2.35. The van der Waals surface area contributed by atoms with E-state index in [2.05, 4.69) is 24.3 Å². The first-order valence-corrected chi connectivity index (χ1v) is 7.92. The van der Waals surface area contributed by atoms with E-state index in [4.69, 9.17) is 11.6 Å². The average Bonchev–Trinajstić information content (AvgIpc) is 3.17. The predicted molar refractivity (Wildman–Crippen MR) is 80.7 cm³/mol. The van der Waals surface area contributed by atoms with Gasteiger partial charge in [0.15, 0.2) is 0 Å². The van der Waals surface area contributed by atoms with Gasteiger partial charge in [0.25, 0.3) is 0 Å². The molecule has 0 aromatic carbocycles. The Morgan fingerprint density at radius 3 is 2.74 bits per heavy atom. The van der Waals surface area contributed by atoms with Gasteiger partial charge >= 0.3 is 0 Å². The van der Waals surface area contributed by atoms with Gasteiger partial charge in [-0.15, -0.1) is 0 Å². The average molecular weight is 284 g/mol. The molecule has 1 aromatic rings. The van der Waals surface area contributed by atoms with Gasteiger partial charge < -0.3 is 5.32 Å². The van der Waals surface area contributed by atoms with Gasteiger partial charge in [-0.25, -0.2) is 0 Å². The van der Waals surface area contributed by atoms with Gasteiger partial charge in [-0.1, -0.05) is 18.5 Å². The highest BCUT2D eigenvalue weighted by molar-refractivity contribution is 6.30. The molecule has 1 saturated carbocycles. The van der Waals surface area contributed by atoms with Crippen LogP contribution in [0.2, 0.25) is 5.15 Å². The summed E-state index contributed by atoms with van der Waals surface area (Å²) in [4.78, 5) is 0. The van der Waals surface area contributed by atoms with Gasteiger partial charge in [0.1, 0.15) is 5.15 Å². The second-order valence-electron chi connectivity index (χ2n) is 5.77. The zero-order valence-corrected chi connectivity index (χ0v) is 13.1. The highest BCUT2D eigenvalue weighted by atomic mass is 35.5. The fourth-order valence-electron chi connectivity index (χ4n) is 2.79. The zero-order valence-electron chi connectivity index (χ0n) is 12.4. The molecule has 0 bridgehead atoms. The molecule has 1 aliphatic rings. The van der Waals surface area contributed by atoms with Crippen LogP contribution in [0.3, 0.4) is 0 Å². The molecule has 1 fully saturated rings. The van der Waals surface area contributed by atoms with Crippen LogP contribution >= 0.6 is 11.6 Å². The van der Waals surface area contributed by atoms with Crippen molar-refractivity contribution in [3.05, 3.63) is 16.4 Å². The molecule has 1 atom stereocenters. The summed E-state index contributed by atoms with van der Waals surface area (Å²) in [6, 6.07) is 0.718. The molecule has 1 N–H and O–H groups in total. The maximum atomic E-state index is 6.27. The van der Waals surface area contributed by atoms with E-state index in [0.717, 1.165) is 35.8 Å². The van der Waals surface area contributed by atoms with Crippen LogP contribution in [0, 0.1) is 12.8 Å². The van der Waals surface area contributed by atoms with Gasteiger partial charge in [0.05, 0.1) is 5.69 Å². The van der Waals surface area contributed by atoms with Crippen molar-refractivity contribution >= 4 is 11.6 Å². The topological polar surface area (TPSA) is 29.9 Å². The first-order chi connectivity index (χ1) is 9.13. The molecule has 0 aliphatic heterocycles. The standard InChI is InChI=1S/C15H26ClN3/c1-4-10-17-14(12-8-9-12)7-5-6-13-11(2)18-19(3)15(13)16/h12,14,17H,4-10H2,1-3H3. The molecule has 0 amide bonds. The number of aryl methyl sites for hydroxylation is 2. The van der Waals surface area contributed by atoms with E-state index >= 15 is 0 Å². The Bertz CT molecular complexity index is 410. The van der Waals surface area contributed by atoms with Crippen molar-refractivity contribution < 1.29 is 0 Å². The van der Waals surface area contributed by atoms with Crippen molar-refractivity contribution in [2.24, 2.45) is 13.0 Å². The number of hydrogen-bond donors (Lipinski definition) is 1. The lowest BCUT2D eigenvalue weighted by molar-refractivity contribution is 0.425. The summed E-state index contributed by atoms with van der Waals surface area (Å²) in [5.74, 6) is 0.928. The molecular formula is C15H26ClN3. The number of aromatic nitrogens is 2. The SMILES string of the molecule is CCCNC(CCCc1c(C)nn(C)c1Cl)C1CC1. The Morgan fingerprint density at radius 2 is 2.21 bits per heavy atom. The highest BCUT2D eigenvalue weighted by Gasteiger charge is 2.30. The smallest absolute Gasteiger partial charge is 0.130 e. The number of nitrogens with zero attached hydrogens (tertiary/aromatic N) is 2. The van der Waals surface area contributed by atoms with Crippen molar-refractivity contribution in [3.8, 4) is 0 Å². The molecule has 1 aromatic heterocycles. The molecule has 3 nitrogen and oxygen atoms in total. The second kappa shape index (κ2) is 6.76. The van der Waals surface area contributed by atoms with Gasteiger partial charge in [-0.2, -0.15) is 5.10 Å². The molecule has 1 aliphatic carbocycles. The minimum Gasteiger partial charge on any atom is -0.314 e. The van der Waals surface area contributed by atoms with Crippen molar-refractivity contribution in [3.63, 3.8) is 0 Å². The molecule has 0 radical (unpaired) electrons. The van der Waals surface area contributed by atoms with Gasteiger partial charge in [0.2, 0.25) is 0 Å². The van der Waals surface area contributed by atoms with Crippen LogP contribution in [0.5, 0.6) is 0 Å². The Balaban J connectivity index is 1.81. The lowest BCUT2D eigenvalue weighted by Crippen LogP contribution is -2.31. The van der Waals surface area contributed by atoms with Crippen molar-refractivity contribution in [2.45, 2.75) is 58.4 Å². The number of rotatable bonds is 8. The minimum atomic E-state index is 0.718. The van der Waals surface area contributed by atoms with E-state index in [9.17, 15) is 0 Å². The molecule has 4 heteroatoms. The van der Waals surface area contributed by atoms with Crippen LogP contribution in [-0.4, -0.2) is 22.4 Å². The van der Waals surface area contributed by atoms with Crippen LogP contribution in [0.1, 0.15) is 50.3 Å². The second-order valence-corrected chi connectivity index (χ2v) is 6.13. The molecule has 1 heterocycles. The summed E-state index contributed by atoms with van der Waals surface area (Å²) in [7, 11) is 1.91. The predicted octanol–water partition coefficient (Wildman–Crippen LogP) is 3.48. The Morgan fingerprint density at radius 1 is 1.47 bits per heavy atom. The summed E-state index contributed by atoms with van der Waals surface area (Å²) in [6.45, 7) is 5.43. The van der Waals surface area contributed by atoms with Crippen LogP contribution in [-0.2, 0) is 13.5 Å². The fraction of sp³-hybridized carbons (Fsp3) is 0.800. The van der Waals surface area contributed by atoms with Crippen molar-refractivity contribution in [1.82, 2.24) is 15.1 Å². The van der Waals surface area contributed by atoms with E-state index < -0.39 is 0 Å². The van der Waals surface area contributed by atoms with Crippen LogP contribution < -0.4 is 5.32 Å². The van der Waals surface area contributed by atoms with E-state index in [0.29, 0.717) is 0 Å². The quantitative estimate of drug-likeness (QED) is 0.792. The molecule has 0 saturated heterocycles. The Labute approximate surface area is 121 Å². The normalized spacial score (nSPS) is 16.8. The minimum absolute atomic E-state index is 0.718. The number of halogens is 1. The first kappa shape index (κ1) is 14.9. The Hall–Kier alpha value is -0.540. The summed E-state index contributed by atoms with van der Waals surface area (Å²) < 4.78 is 1.78. The van der Waals surface area contributed by atoms with E-state index in [1.165, 1.54) is 37.7 Å². The first-order valence-electron chi connectivity index (χ1n) is 7.54. The lowest BCUT2D eigenvalue weighted by atomic mass is 10.0. The van der Waals surface area contributed by atoms with Gasteiger partial charge in [-0.3, -0.25) is 4.68 Å². The van der Waals surface area contributed by atoms with Gasteiger partial charge in [-0.05, 0) is 57.9 Å². The van der Waals surface area contributed by atoms with Crippen molar-refractivity contribution in [2.75, 3.05) is 6.54 Å². The van der Waals surface area contributed by atoms with Crippen molar-refractivity contribution in [1.29, 1.82) is 0 Å². The number of nitrogens with one attached hydrogen (secondary N) is 1. The monoisotopic (exact) mass is 283 g/mol. The number of hydrogen-bond acceptors (Lipinski definition) is 2. The molecular weight excluding hydrogens is 258 g/mol. The van der Waals surface area contributed by atoms with Crippen LogP contribution in [0.25, 0.3) is 0 Å². The zero-order chi connectivity index (χ0) is 13.8. The third kappa shape index (κ3) is 3.96. The van der Waals surface area contributed by atoms with Crippen LogP contribution in [0.15, 0.2) is 0 Å². The third-order valence-corrected chi connectivity index (χ3v) is 4.53. The molecule has 19 heavy (non-hydrogen) atoms. The fourth-order valence-corrected chi connectivity index (χ4v) is 3.06. The molecule has 0 spiro atoms. The van der Waals surface area contributed by atoms with E-state index in [1.807, 2.05) is 7.05 Å². The van der Waals surface area contributed by atoms with E-state index in [-0.39, 0.29) is 0 Å². The van der Waals surface area contributed by atoms with E-state index in [1.54, 1.807) is 4.68 Å². The molecule has 2 rings (SSSR count). The molecule has 1 unspecified atom stereocenters. The lowest BCUT2D eigenvalue weighted by Gasteiger charge is -2.17. The summed E-state index contributed by atoms with van der Waals surface area (Å²) >= 11 is 6.27. The maximum Gasteiger partial charge on any atom is 0.130 e.